The van der Waals surface area contributed by atoms with Gasteiger partial charge in [0.05, 0.1) is 17.1 Å². The molecule has 9 heteroatoms. The minimum absolute atomic E-state index is 0.144. The number of carbonyl (C=O) groups excluding carboxylic acids is 1. The quantitative estimate of drug-likeness (QED) is 0.712. The number of aryl methyl sites for hydroxylation is 1. The second kappa shape index (κ2) is 9.37. The first-order valence-corrected chi connectivity index (χ1v) is 13.1. The van der Waals surface area contributed by atoms with E-state index < -0.39 is 9.84 Å². The number of halogens is 1. The Morgan fingerprint density at radius 3 is 2.56 bits per heavy atom. The number of nitrogens with zero attached hydrogens (tertiary/aromatic N) is 3. The van der Waals surface area contributed by atoms with E-state index in [0.29, 0.717) is 22.2 Å². The van der Waals surface area contributed by atoms with Gasteiger partial charge in [0.1, 0.15) is 5.82 Å². The van der Waals surface area contributed by atoms with E-state index in [0.717, 1.165) is 43.6 Å². The summed E-state index contributed by atoms with van der Waals surface area (Å²) in [5.74, 6) is 0.826. The number of rotatable bonds is 5. The minimum atomic E-state index is -2.88. The first-order chi connectivity index (χ1) is 15.2. The van der Waals surface area contributed by atoms with Crippen LogP contribution in [0.3, 0.4) is 0 Å². The molecule has 1 N–H and O–H groups in total. The van der Waals surface area contributed by atoms with Crippen molar-refractivity contribution in [2.75, 3.05) is 41.9 Å². The van der Waals surface area contributed by atoms with E-state index in [1.54, 1.807) is 24.4 Å². The lowest BCUT2D eigenvalue weighted by Crippen LogP contribution is -2.48. The third-order valence-electron chi connectivity index (χ3n) is 6.51. The standard InChI is InChI=1S/C23H29ClN4O3S/c1-16-3-6-22(25-14-16)26-23(29)20-13-17(24)4-5-21(20)27(2)18-7-10-28(11-8-18)19-9-12-32(30,31)15-19/h3-6,13-14,18-19H,7-12,15H2,1-2H3,(H,25,26,29). The third kappa shape index (κ3) is 5.24. The number of sulfone groups is 1. The zero-order valence-corrected chi connectivity index (χ0v) is 20.0. The normalized spacial score (nSPS) is 21.4. The van der Waals surface area contributed by atoms with Crippen molar-refractivity contribution in [3.63, 3.8) is 0 Å². The summed E-state index contributed by atoms with van der Waals surface area (Å²) in [6, 6.07) is 9.45. The Labute approximate surface area is 194 Å². The first kappa shape index (κ1) is 23.0. The maximum Gasteiger partial charge on any atom is 0.258 e. The smallest absolute Gasteiger partial charge is 0.258 e. The van der Waals surface area contributed by atoms with Crippen LogP contribution in [0.2, 0.25) is 5.02 Å². The zero-order valence-electron chi connectivity index (χ0n) is 18.4. The number of pyridine rings is 1. The molecule has 2 aliphatic heterocycles. The van der Waals surface area contributed by atoms with Gasteiger partial charge >= 0.3 is 0 Å². The maximum atomic E-state index is 13.0. The predicted molar refractivity (Wildman–Crippen MR) is 128 cm³/mol. The monoisotopic (exact) mass is 476 g/mol. The van der Waals surface area contributed by atoms with E-state index >= 15 is 0 Å². The Kier molecular flexibility index (Phi) is 6.74. The van der Waals surface area contributed by atoms with Crippen molar-refractivity contribution in [1.82, 2.24) is 9.88 Å². The SMILES string of the molecule is Cc1ccc(NC(=O)c2cc(Cl)ccc2N(C)C2CCN(C3CCS(=O)(=O)C3)CC2)nc1. The summed E-state index contributed by atoms with van der Waals surface area (Å²) < 4.78 is 23.7. The summed E-state index contributed by atoms with van der Waals surface area (Å²) in [7, 11) is -0.875. The number of benzene rings is 1. The van der Waals surface area contributed by atoms with Gasteiger partial charge in [-0.05, 0) is 56.0 Å². The van der Waals surface area contributed by atoms with Gasteiger partial charge in [0, 0.05) is 49.1 Å². The second-order valence-corrected chi connectivity index (χ2v) is 11.4. The molecular formula is C23H29ClN4O3S. The number of likely N-dealkylation sites (tertiary alicyclic amines) is 1. The van der Waals surface area contributed by atoms with Crippen LogP contribution in [-0.4, -0.2) is 67.9 Å². The lowest BCUT2D eigenvalue weighted by atomic mass is 10.00. The van der Waals surface area contributed by atoms with E-state index in [-0.39, 0.29) is 23.7 Å². The molecule has 7 nitrogen and oxygen atoms in total. The number of piperidine rings is 1. The van der Waals surface area contributed by atoms with Gasteiger partial charge in [-0.1, -0.05) is 17.7 Å². The highest BCUT2D eigenvalue weighted by Crippen LogP contribution is 2.30. The fourth-order valence-corrected chi connectivity index (χ4v) is 6.56. The highest BCUT2D eigenvalue weighted by atomic mass is 35.5. The van der Waals surface area contributed by atoms with Crippen LogP contribution in [0, 0.1) is 6.92 Å². The van der Waals surface area contributed by atoms with Crippen LogP contribution in [0.15, 0.2) is 36.5 Å². The Bertz CT molecular complexity index is 1080. The topological polar surface area (TPSA) is 82.6 Å². The molecule has 2 fully saturated rings. The van der Waals surface area contributed by atoms with Crippen LogP contribution >= 0.6 is 11.6 Å². The van der Waals surface area contributed by atoms with Crippen molar-refractivity contribution >= 4 is 38.9 Å². The fourth-order valence-electron chi connectivity index (χ4n) is 4.62. The van der Waals surface area contributed by atoms with Gasteiger partial charge in [0.2, 0.25) is 0 Å². The largest absolute Gasteiger partial charge is 0.371 e. The average molecular weight is 477 g/mol. The molecule has 3 heterocycles. The lowest BCUT2D eigenvalue weighted by molar-refractivity contribution is 0.102. The summed E-state index contributed by atoms with van der Waals surface area (Å²) in [6.07, 6.45) is 4.27. The number of aromatic nitrogens is 1. The molecular weight excluding hydrogens is 448 g/mol. The maximum absolute atomic E-state index is 13.0. The number of anilines is 2. The molecule has 4 rings (SSSR count). The molecule has 1 atom stereocenters. The third-order valence-corrected chi connectivity index (χ3v) is 8.49. The van der Waals surface area contributed by atoms with Crippen molar-refractivity contribution in [3.05, 3.63) is 52.7 Å². The Hall–Kier alpha value is -2.16. The molecule has 1 amide bonds. The molecule has 0 spiro atoms. The van der Waals surface area contributed by atoms with E-state index in [2.05, 4.69) is 20.1 Å². The highest BCUT2D eigenvalue weighted by Gasteiger charge is 2.35. The lowest BCUT2D eigenvalue weighted by Gasteiger charge is -2.40. The van der Waals surface area contributed by atoms with Crippen molar-refractivity contribution in [1.29, 1.82) is 0 Å². The number of amides is 1. The Morgan fingerprint density at radius 1 is 1.19 bits per heavy atom. The summed E-state index contributed by atoms with van der Waals surface area (Å²) in [5, 5.41) is 3.36. The molecule has 2 saturated heterocycles. The highest BCUT2D eigenvalue weighted by molar-refractivity contribution is 7.91. The van der Waals surface area contributed by atoms with Crippen molar-refractivity contribution in [2.45, 2.75) is 38.3 Å². The van der Waals surface area contributed by atoms with Crippen molar-refractivity contribution in [2.24, 2.45) is 0 Å². The van der Waals surface area contributed by atoms with Crippen LogP contribution in [0.5, 0.6) is 0 Å². The van der Waals surface area contributed by atoms with Crippen LogP contribution in [0.4, 0.5) is 11.5 Å². The van der Waals surface area contributed by atoms with Gasteiger partial charge in [0.15, 0.2) is 9.84 Å². The molecule has 2 aromatic rings. The molecule has 0 bridgehead atoms. The van der Waals surface area contributed by atoms with E-state index in [9.17, 15) is 13.2 Å². The summed E-state index contributed by atoms with van der Waals surface area (Å²) in [4.78, 5) is 21.8. The Balaban J connectivity index is 1.45. The van der Waals surface area contributed by atoms with Gasteiger partial charge in [-0.15, -0.1) is 0 Å². The van der Waals surface area contributed by atoms with Gasteiger partial charge in [-0.3, -0.25) is 9.69 Å². The molecule has 172 valence electrons. The molecule has 0 saturated carbocycles. The number of hydrogen-bond acceptors (Lipinski definition) is 6. The van der Waals surface area contributed by atoms with E-state index in [4.69, 9.17) is 11.6 Å². The van der Waals surface area contributed by atoms with Crippen molar-refractivity contribution in [3.8, 4) is 0 Å². The van der Waals surface area contributed by atoms with Gasteiger partial charge in [-0.25, -0.2) is 13.4 Å². The molecule has 0 aliphatic carbocycles. The number of nitrogens with one attached hydrogen (secondary N) is 1. The molecule has 0 radical (unpaired) electrons. The fraction of sp³-hybridized carbons (Fsp3) is 0.478. The molecule has 1 aromatic heterocycles. The van der Waals surface area contributed by atoms with Crippen LogP contribution in [0.1, 0.15) is 35.2 Å². The number of hydrogen-bond donors (Lipinski definition) is 1. The van der Waals surface area contributed by atoms with E-state index in [1.807, 2.05) is 26.1 Å². The second-order valence-electron chi connectivity index (χ2n) is 8.77. The average Bonchev–Trinajstić information content (AvgIpc) is 3.14. The zero-order chi connectivity index (χ0) is 22.9. The van der Waals surface area contributed by atoms with Crippen LogP contribution in [0.25, 0.3) is 0 Å². The Morgan fingerprint density at radius 2 is 1.94 bits per heavy atom. The van der Waals surface area contributed by atoms with Gasteiger partial charge in [-0.2, -0.15) is 0 Å². The molecule has 1 unspecified atom stereocenters. The summed E-state index contributed by atoms with van der Waals surface area (Å²) in [5.41, 5.74) is 2.35. The summed E-state index contributed by atoms with van der Waals surface area (Å²) in [6.45, 7) is 3.66. The summed E-state index contributed by atoms with van der Waals surface area (Å²) >= 11 is 6.22. The van der Waals surface area contributed by atoms with Crippen molar-refractivity contribution < 1.29 is 13.2 Å². The molecule has 2 aliphatic rings. The van der Waals surface area contributed by atoms with Gasteiger partial charge in [0.25, 0.3) is 5.91 Å². The first-order valence-electron chi connectivity index (χ1n) is 10.9. The molecule has 1 aromatic carbocycles. The number of carbonyl (C=O) groups is 1. The molecule has 32 heavy (non-hydrogen) atoms. The van der Waals surface area contributed by atoms with Crippen LogP contribution in [-0.2, 0) is 9.84 Å². The predicted octanol–water partition coefficient (Wildman–Crippen LogP) is 3.38. The van der Waals surface area contributed by atoms with E-state index in [1.165, 1.54) is 0 Å². The van der Waals surface area contributed by atoms with Gasteiger partial charge < -0.3 is 10.2 Å². The minimum Gasteiger partial charge on any atom is -0.371 e. The van der Waals surface area contributed by atoms with Crippen LogP contribution < -0.4 is 10.2 Å².